The van der Waals surface area contributed by atoms with Crippen LogP contribution in [0.3, 0.4) is 0 Å². The van der Waals surface area contributed by atoms with Crippen LogP contribution in [0.5, 0.6) is 0 Å². The minimum absolute atomic E-state index is 0.221. The molecular weight excluding hydrogens is 852 g/mol. The number of aromatic nitrogens is 6. The zero-order valence-corrected chi connectivity index (χ0v) is 35.1. The molecule has 0 unspecified atom stereocenters. The Labute approximate surface area is 347 Å². The fraction of sp³-hybridized carbons (Fsp3) is 0.256. The lowest BCUT2D eigenvalue weighted by Crippen LogP contribution is -2.10. The Morgan fingerprint density at radius 3 is 1.56 bits per heavy atom. The van der Waals surface area contributed by atoms with Gasteiger partial charge in [-0.2, -0.15) is 0 Å². The highest BCUT2D eigenvalue weighted by molar-refractivity contribution is 9.10. The zero-order valence-electron chi connectivity index (χ0n) is 31.9. The number of aryl methyl sites for hydroxylation is 2. The normalized spacial score (nSPS) is 15.2. The molecule has 6 heterocycles. The standard InChI is InChI=1S/C22H21BrN4O2.C21H19BrN4O2/c1-3-29-20(28)10-8-18-22-25-13-14(2)27(22)19-9-7-15(23)12-16(19)21(26-18)17-6-4-5-11-24-17;1-13-12-24-21-17(7-9-19(27)28-2)25-20(16-5-3-4-10-23-16)15-11-14(22)6-8-18(15)26(13)21/h4-7,9,11-13,18H,3,8,10H2,1-2H3;3-6,8,10-12,17H,7,9H2,1-2H3/t18-;17-/m00/s1. The monoisotopic (exact) mass is 890 g/mol. The largest absolute Gasteiger partial charge is 0.469 e. The molecule has 4 aromatic heterocycles. The smallest absolute Gasteiger partial charge is 0.305 e. The van der Waals surface area contributed by atoms with Crippen LogP contribution in [-0.4, -0.2) is 66.1 Å². The highest BCUT2D eigenvalue weighted by atomic mass is 79.9. The predicted molar refractivity (Wildman–Crippen MR) is 224 cm³/mol. The van der Waals surface area contributed by atoms with Crippen molar-refractivity contribution in [2.75, 3.05) is 13.7 Å². The van der Waals surface area contributed by atoms with Crippen LogP contribution in [0.25, 0.3) is 11.4 Å². The number of benzene rings is 2. The Balaban J connectivity index is 0.000000174. The first kappa shape index (κ1) is 39.6. The lowest BCUT2D eigenvalue weighted by Gasteiger charge is -2.14. The molecule has 2 atom stereocenters. The summed E-state index contributed by atoms with van der Waals surface area (Å²) in [6.45, 7) is 6.23. The molecule has 0 N–H and O–H groups in total. The van der Waals surface area contributed by atoms with Gasteiger partial charge in [0, 0.05) is 69.1 Å². The number of halogens is 2. The minimum atomic E-state index is -0.281. The first-order valence-corrected chi connectivity index (χ1v) is 20.1. The molecule has 0 radical (unpaired) electrons. The van der Waals surface area contributed by atoms with Gasteiger partial charge in [0.25, 0.3) is 0 Å². The number of carbonyl (C=O) groups excluding carboxylic acids is 2. The fourth-order valence-corrected chi connectivity index (χ4v) is 7.73. The average Bonchev–Trinajstić information content (AvgIpc) is 3.72. The molecule has 12 nitrogen and oxygen atoms in total. The number of aliphatic imine (C=N–C) groups is 2. The molecule has 0 saturated heterocycles. The molecular formula is C43H40Br2N8O4. The fourth-order valence-electron chi connectivity index (χ4n) is 7.01. The second-order valence-corrected chi connectivity index (χ2v) is 15.2. The van der Waals surface area contributed by atoms with E-state index in [1.165, 1.54) is 7.11 Å². The number of esters is 2. The van der Waals surface area contributed by atoms with Crippen molar-refractivity contribution in [2.45, 2.75) is 58.5 Å². The van der Waals surface area contributed by atoms with Gasteiger partial charge in [0.15, 0.2) is 0 Å². The van der Waals surface area contributed by atoms with Crippen LogP contribution in [0.15, 0.2) is 117 Å². The Kier molecular flexibility index (Phi) is 12.3. The van der Waals surface area contributed by atoms with Crippen LogP contribution >= 0.6 is 31.9 Å². The summed E-state index contributed by atoms with van der Waals surface area (Å²) in [6.07, 6.45) is 8.78. The number of carbonyl (C=O) groups is 2. The van der Waals surface area contributed by atoms with E-state index in [0.717, 1.165) is 77.3 Å². The third kappa shape index (κ3) is 8.57. The maximum Gasteiger partial charge on any atom is 0.305 e. The number of ether oxygens (including phenoxy) is 2. The van der Waals surface area contributed by atoms with Crippen LogP contribution in [0, 0.1) is 13.8 Å². The second kappa shape index (κ2) is 17.7. The second-order valence-electron chi connectivity index (χ2n) is 13.4. The van der Waals surface area contributed by atoms with Crippen molar-refractivity contribution >= 4 is 55.2 Å². The molecule has 6 aromatic rings. The van der Waals surface area contributed by atoms with E-state index in [1.807, 2.05) is 81.7 Å². The molecule has 0 aliphatic carbocycles. The van der Waals surface area contributed by atoms with Crippen molar-refractivity contribution in [3.8, 4) is 11.4 Å². The Morgan fingerprint density at radius 2 is 1.14 bits per heavy atom. The summed E-state index contributed by atoms with van der Waals surface area (Å²) < 4.78 is 16.1. The van der Waals surface area contributed by atoms with E-state index < -0.39 is 0 Å². The molecule has 8 rings (SSSR count). The first-order valence-electron chi connectivity index (χ1n) is 18.6. The van der Waals surface area contributed by atoms with Gasteiger partial charge in [-0.05, 0) is 94.3 Å². The van der Waals surface area contributed by atoms with Crippen LogP contribution < -0.4 is 0 Å². The maximum absolute atomic E-state index is 12.0. The van der Waals surface area contributed by atoms with Gasteiger partial charge in [-0.25, -0.2) is 9.97 Å². The van der Waals surface area contributed by atoms with Gasteiger partial charge < -0.3 is 9.47 Å². The van der Waals surface area contributed by atoms with Gasteiger partial charge in [-0.15, -0.1) is 0 Å². The summed E-state index contributed by atoms with van der Waals surface area (Å²) in [5.74, 6) is 1.16. The number of pyridine rings is 2. The lowest BCUT2D eigenvalue weighted by atomic mass is 10.0. The predicted octanol–water partition coefficient (Wildman–Crippen LogP) is 8.76. The SMILES string of the molecule is CCOC(=O)CC[C@@H]1N=C(c2ccccn2)c2cc(Br)ccc2-n2c(C)cnc21.COC(=O)CC[C@@H]1N=C(c2ccccn2)c2cc(Br)ccc2-n2c(C)cnc21. The summed E-state index contributed by atoms with van der Waals surface area (Å²) in [6, 6.07) is 23.2. The van der Waals surface area contributed by atoms with Crippen molar-refractivity contribution in [1.82, 2.24) is 29.1 Å². The van der Waals surface area contributed by atoms with E-state index >= 15 is 0 Å². The minimum Gasteiger partial charge on any atom is -0.469 e. The van der Waals surface area contributed by atoms with Crippen LogP contribution in [-0.2, 0) is 19.1 Å². The summed E-state index contributed by atoms with van der Waals surface area (Å²) >= 11 is 7.16. The van der Waals surface area contributed by atoms with Crippen molar-refractivity contribution in [3.05, 3.63) is 152 Å². The van der Waals surface area contributed by atoms with E-state index in [2.05, 4.69) is 85.2 Å². The summed E-state index contributed by atoms with van der Waals surface area (Å²) in [4.78, 5) is 52.2. The maximum atomic E-state index is 12.0. The first-order chi connectivity index (χ1) is 27.7. The van der Waals surface area contributed by atoms with Crippen LogP contribution in [0.1, 0.15) is 90.2 Å². The number of nitrogens with zero attached hydrogens (tertiary/aromatic N) is 8. The number of imidazole rings is 2. The van der Waals surface area contributed by atoms with Crippen LogP contribution in [0.2, 0.25) is 0 Å². The zero-order chi connectivity index (χ0) is 40.1. The number of fused-ring (bicyclic) bond motifs is 6. The lowest BCUT2D eigenvalue weighted by molar-refractivity contribution is -0.143. The molecule has 0 fully saturated rings. The topological polar surface area (TPSA) is 139 Å². The van der Waals surface area contributed by atoms with E-state index in [-0.39, 0.29) is 36.9 Å². The van der Waals surface area contributed by atoms with Gasteiger partial charge in [0.1, 0.15) is 23.7 Å². The van der Waals surface area contributed by atoms with Gasteiger partial charge in [-0.1, -0.05) is 44.0 Å². The molecule has 0 saturated carbocycles. The molecule has 2 aliphatic rings. The van der Waals surface area contributed by atoms with Gasteiger partial charge in [-0.3, -0.25) is 38.7 Å². The Morgan fingerprint density at radius 1 is 0.667 bits per heavy atom. The number of methoxy groups -OCH3 is 1. The molecule has 0 bridgehead atoms. The van der Waals surface area contributed by atoms with Gasteiger partial charge in [0.2, 0.25) is 0 Å². The van der Waals surface area contributed by atoms with Crippen molar-refractivity contribution in [2.24, 2.45) is 9.98 Å². The quantitative estimate of drug-likeness (QED) is 0.131. The van der Waals surface area contributed by atoms with E-state index in [9.17, 15) is 9.59 Å². The molecule has 14 heteroatoms. The van der Waals surface area contributed by atoms with Crippen LogP contribution in [0.4, 0.5) is 0 Å². The Hall–Kier alpha value is -5.60. The van der Waals surface area contributed by atoms with Crippen molar-refractivity contribution < 1.29 is 19.1 Å². The molecule has 2 aliphatic heterocycles. The summed E-state index contributed by atoms with van der Waals surface area (Å²) in [5, 5.41) is 0. The van der Waals surface area contributed by atoms with Gasteiger partial charge >= 0.3 is 11.9 Å². The van der Waals surface area contributed by atoms with Crippen molar-refractivity contribution in [1.29, 1.82) is 0 Å². The van der Waals surface area contributed by atoms with Crippen molar-refractivity contribution in [3.63, 3.8) is 0 Å². The highest BCUT2D eigenvalue weighted by Gasteiger charge is 2.30. The number of hydrogen-bond acceptors (Lipinski definition) is 10. The summed E-state index contributed by atoms with van der Waals surface area (Å²) in [5.41, 5.74) is 9.12. The number of hydrogen-bond donors (Lipinski definition) is 0. The third-order valence-electron chi connectivity index (χ3n) is 9.60. The molecule has 2 aromatic carbocycles. The van der Waals surface area contributed by atoms with E-state index in [4.69, 9.17) is 19.5 Å². The molecule has 0 spiro atoms. The number of rotatable bonds is 9. The third-order valence-corrected chi connectivity index (χ3v) is 10.6. The summed E-state index contributed by atoms with van der Waals surface area (Å²) in [7, 11) is 1.40. The molecule has 290 valence electrons. The molecule has 0 amide bonds. The van der Waals surface area contributed by atoms with Gasteiger partial charge in [0.05, 0.1) is 47.9 Å². The Bertz CT molecular complexity index is 2480. The average molecular weight is 893 g/mol. The molecule has 57 heavy (non-hydrogen) atoms. The van der Waals surface area contributed by atoms with E-state index in [0.29, 0.717) is 19.4 Å². The van der Waals surface area contributed by atoms with E-state index in [1.54, 1.807) is 12.4 Å². The highest BCUT2D eigenvalue weighted by Crippen LogP contribution is 2.36.